The first-order valence-corrected chi connectivity index (χ1v) is 14.6. The second-order valence-electron chi connectivity index (χ2n) is 10.2. The van der Waals surface area contributed by atoms with Gasteiger partial charge in [0, 0.05) is 23.7 Å². The molecule has 42 heavy (non-hydrogen) atoms. The number of carbonyl (C=O) groups is 2. The number of sulfonamides is 1. The van der Waals surface area contributed by atoms with E-state index in [9.17, 15) is 44.3 Å². The van der Waals surface area contributed by atoms with Crippen LogP contribution in [0.2, 0.25) is 0 Å². The predicted octanol–water partition coefficient (Wildman–Crippen LogP) is 4.57. The number of piperidine rings is 1. The van der Waals surface area contributed by atoms with Crippen molar-refractivity contribution >= 4 is 21.9 Å². The highest BCUT2D eigenvalue weighted by molar-refractivity contribution is 7.89. The number of amides is 1. The summed E-state index contributed by atoms with van der Waals surface area (Å²) in [6.45, 7) is 0.591. The van der Waals surface area contributed by atoms with Gasteiger partial charge in [0.1, 0.15) is 5.82 Å². The standard InChI is InChI=1S/C26H25F7N2O6S/c1-42(38,39)34-24(36)17-9-16(14-2-3-14)22(23(21(17)30)41-25(37)26(31,32)33)40-12-13-4-6-35(7-5-13)11-15-8-19(28)20(29)10-18(15)27/h8-10,13-14H,2-7,11-12H2,1H3,(H,34,36). The summed E-state index contributed by atoms with van der Waals surface area (Å²) in [5, 5.41) is 0. The molecule has 0 aromatic heterocycles. The molecule has 0 spiro atoms. The monoisotopic (exact) mass is 626 g/mol. The number of hydrogen-bond acceptors (Lipinski definition) is 7. The molecule has 2 aromatic rings. The minimum Gasteiger partial charge on any atom is -0.489 e. The summed E-state index contributed by atoms with van der Waals surface area (Å²) in [5.74, 6) is -11.7. The minimum atomic E-state index is -5.52. The normalized spacial score (nSPS) is 16.8. The van der Waals surface area contributed by atoms with Gasteiger partial charge in [-0.15, -0.1) is 0 Å². The van der Waals surface area contributed by atoms with Gasteiger partial charge in [0.2, 0.25) is 15.8 Å². The highest BCUT2D eigenvalue weighted by Gasteiger charge is 2.44. The summed E-state index contributed by atoms with van der Waals surface area (Å²) in [5.41, 5.74) is -0.909. The van der Waals surface area contributed by atoms with E-state index in [0.717, 1.165) is 12.1 Å². The van der Waals surface area contributed by atoms with Crippen molar-refractivity contribution in [1.29, 1.82) is 0 Å². The molecule has 0 unspecified atom stereocenters. The lowest BCUT2D eigenvalue weighted by atomic mass is 9.97. The molecular formula is C26H25F7N2O6S. The molecule has 1 amide bonds. The average Bonchev–Trinajstić information content (AvgIpc) is 3.72. The quantitative estimate of drug-likeness (QED) is 0.188. The van der Waals surface area contributed by atoms with Gasteiger partial charge in [-0.2, -0.15) is 13.2 Å². The zero-order valence-electron chi connectivity index (χ0n) is 22.0. The van der Waals surface area contributed by atoms with Gasteiger partial charge in [-0.1, -0.05) is 0 Å². The van der Waals surface area contributed by atoms with Crippen LogP contribution in [0.3, 0.4) is 0 Å². The third-order valence-corrected chi connectivity index (χ3v) is 7.38. The Bertz CT molecular complexity index is 1490. The van der Waals surface area contributed by atoms with E-state index in [1.165, 1.54) is 4.72 Å². The maximum Gasteiger partial charge on any atom is 0.491 e. The van der Waals surface area contributed by atoms with Gasteiger partial charge < -0.3 is 9.47 Å². The lowest BCUT2D eigenvalue weighted by molar-refractivity contribution is -0.190. The number of rotatable bonds is 9. The van der Waals surface area contributed by atoms with Gasteiger partial charge in [0.25, 0.3) is 5.91 Å². The number of alkyl halides is 3. The van der Waals surface area contributed by atoms with Crippen molar-refractivity contribution < 1.29 is 58.2 Å². The molecule has 2 aromatic carbocycles. The number of likely N-dealkylation sites (tertiary alicyclic amines) is 1. The van der Waals surface area contributed by atoms with Crippen molar-refractivity contribution in [1.82, 2.24) is 9.62 Å². The van der Waals surface area contributed by atoms with Crippen LogP contribution >= 0.6 is 0 Å². The Kier molecular flexibility index (Phi) is 9.06. The maximum atomic E-state index is 15.4. The van der Waals surface area contributed by atoms with Crippen molar-refractivity contribution in [3.63, 3.8) is 0 Å². The van der Waals surface area contributed by atoms with E-state index < -0.39 is 68.4 Å². The molecule has 0 atom stereocenters. The molecule has 4 rings (SSSR count). The lowest BCUT2D eigenvalue weighted by Gasteiger charge is -2.32. The van der Waals surface area contributed by atoms with Crippen LogP contribution in [0.4, 0.5) is 30.7 Å². The number of hydrogen-bond donors (Lipinski definition) is 1. The van der Waals surface area contributed by atoms with Crippen molar-refractivity contribution in [2.45, 2.75) is 44.3 Å². The Morgan fingerprint density at radius 1 is 0.952 bits per heavy atom. The fraction of sp³-hybridized carbons (Fsp3) is 0.462. The second-order valence-corrected chi connectivity index (χ2v) is 12.0. The van der Waals surface area contributed by atoms with E-state index in [1.807, 2.05) is 0 Å². The average molecular weight is 627 g/mol. The van der Waals surface area contributed by atoms with E-state index in [1.54, 1.807) is 4.90 Å². The van der Waals surface area contributed by atoms with Crippen LogP contribution in [-0.2, 0) is 21.4 Å². The minimum absolute atomic E-state index is 0.00218. The van der Waals surface area contributed by atoms with Gasteiger partial charge in [0.15, 0.2) is 23.2 Å². The zero-order valence-corrected chi connectivity index (χ0v) is 22.8. The second kappa shape index (κ2) is 12.1. The number of nitrogens with zero attached hydrogens (tertiary/aromatic N) is 1. The van der Waals surface area contributed by atoms with E-state index in [0.29, 0.717) is 51.1 Å². The number of nitrogens with one attached hydrogen (secondary N) is 1. The van der Waals surface area contributed by atoms with Crippen LogP contribution in [0, 0.1) is 29.2 Å². The molecule has 1 heterocycles. The number of halogens is 7. The molecule has 1 saturated carbocycles. The van der Waals surface area contributed by atoms with Crippen LogP contribution in [0.5, 0.6) is 11.5 Å². The Hall–Kier alpha value is -3.40. The molecule has 2 aliphatic rings. The SMILES string of the molecule is CS(=O)(=O)NC(=O)c1cc(C2CC2)c(OCC2CCN(Cc3cc(F)c(F)cc3F)CC2)c(OC(=O)C(F)(F)F)c1F. The van der Waals surface area contributed by atoms with Crippen LogP contribution < -0.4 is 14.2 Å². The summed E-state index contributed by atoms with van der Waals surface area (Å²) in [4.78, 5) is 25.9. The molecular weight excluding hydrogens is 601 g/mol. The number of carbonyl (C=O) groups excluding carboxylic acids is 2. The summed E-state index contributed by atoms with van der Waals surface area (Å²) in [6.07, 6.45) is -3.04. The first-order chi connectivity index (χ1) is 19.5. The molecule has 230 valence electrons. The van der Waals surface area contributed by atoms with Gasteiger partial charge in [-0.3, -0.25) is 9.69 Å². The largest absolute Gasteiger partial charge is 0.491 e. The maximum absolute atomic E-state index is 15.4. The number of ether oxygens (including phenoxy) is 2. The fourth-order valence-corrected chi connectivity index (χ4v) is 5.00. The van der Waals surface area contributed by atoms with E-state index in [-0.39, 0.29) is 36.1 Å². The molecule has 0 bridgehead atoms. The predicted molar refractivity (Wildman–Crippen MR) is 132 cm³/mol. The highest BCUT2D eigenvalue weighted by atomic mass is 32.2. The zero-order chi connectivity index (χ0) is 31.0. The van der Waals surface area contributed by atoms with Gasteiger partial charge in [0.05, 0.1) is 18.4 Å². The molecule has 16 heteroatoms. The van der Waals surface area contributed by atoms with Crippen LogP contribution in [-0.4, -0.2) is 57.3 Å². The van der Waals surface area contributed by atoms with E-state index in [4.69, 9.17) is 4.74 Å². The summed E-state index contributed by atoms with van der Waals surface area (Å²) < 4.78 is 130. The van der Waals surface area contributed by atoms with Crippen LogP contribution in [0.1, 0.15) is 53.1 Å². The topological polar surface area (TPSA) is 102 Å². The molecule has 1 N–H and O–H groups in total. The third kappa shape index (κ3) is 7.70. The van der Waals surface area contributed by atoms with Gasteiger partial charge in [-0.05, 0) is 62.7 Å². The van der Waals surface area contributed by atoms with E-state index in [2.05, 4.69) is 4.74 Å². The lowest BCUT2D eigenvalue weighted by Crippen LogP contribution is -2.35. The number of esters is 1. The Labute approximate surface area is 235 Å². The Morgan fingerprint density at radius 3 is 2.14 bits per heavy atom. The van der Waals surface area contributed by atoms with Crippen molar-refractivity contribution in [3.05, 3.63) is 58.2 Å². The smallest absolute Gasteiger partial charge is 0.489 e. The van der Waals surface area contributed by atoms with Crippen molar-refractivity contribution in [2.24, 2.45) is 5.92 Å². The molecule has 1 aliphatic heterocycles. The Balaban J connectivity index is 1.54. The van der Waals surface area contributed by atoms with Gasteiger partial charge >= 0.3 is 12.1 Å². The Morgan fingerprint density at radius 2 is 1.57 bits per heavy atom. The first kappa shape index (κ1) is 31.5. The van der Waals surface area contributed by atoms with Crippen LogP contribution in [0.15, 0.2) is 18.2 Å². The molecule has 1 saturated heterocycles. The summed E-state index contributed by atoms with van der Waals surface area (Å²) in [6, 6.07) is 2.20. The summed E-state index contributed by atoms with van der Waals surface area (Å²) in [7, 11) is -4.18. The highest BCUT2D eigenvalue weighted by Crippen LogP contribution is 2.49. The van der Waals surface area contributed by atoms with Gasteiger partial charge in [-0.25, -0.2) is 35.5 Å². The molecule has 2 fully saturated rings. The molecule has 8 nitrogen and oxygen atoms in total. The summed E-state index contributed by atoms with van der Waals surface area (Å²) >= 11 is 0. The third-order valence-electron chi connectivity index (χ3n) is 6.82. The molecule has 1 aliphatic carbocycles. The fourth-order valence-electron chi connectivity index (χ4n) is 4.55. The van der Waals surface area contributed by atoms with Crippen molar-refractivity contribution in [2.75, 3.05) is 26.0 Å². The first-order valence-electron chi connectivity index (χ1n) is 12.7. The number of benzene rings is 2. The van der Waals surface area contributed by atoms with Crippen LogP contribution in [0.25, 0.3) is 0 Å². The van der Waals surface area contributed by atoms with Crippen molar-refractivity contribution in [3.8, 4) is 11.5 Å². The van der Waals surface area contributed by atoms with E-state index >= 15 is 4.39 Å². The molecule has 0 radical (unpaired) electrons.